The molecule has 0 radical (unpaired) electrons. The fourth-order valence-electron chi connectivity index (χ4n) is 2.07. The van der Waals surface area contributed by atoms with Crippen LogP contribution in [0.3, 0.4) is 0 Å². The lowest BCUT2D eigenvalue weighted by atomic mass is 10.2. The summed E-state index contributed by atoms with van der Waals surface area (Å²) < 4.78 is 0. The van der Waals surface area contributed by atoms with E-state index >= 15 is 0 Å². The first-order valence-corrected chi connectivity index (χ1v) is 8.05. The van der Waals surface area contributed by atoms with Gasteiger partial charge in [-0.3, -0.25) is 9.59 Å². The number of anilines is 1. The van der Waals surface area contributed by atoms with Gasteiger partial charge in [-0.1, -0.05) is 0 Å². The van der Waals surface area contributed by atoms with Crippen LogP contribution in [0.5, 0.6) is 0 Å². The van der Waals surface area contributed by atoms with Gasteiger partial charge in [0.2, 0.25) is 5.91 Å². The van der Waals surface area contributed by atoms with E-state index in [1.54, 1.807) is 43.5 Å². The van der Waals surface area contributed by atoms with E-state index in [4.69, 9.17) is 0 Å². The van der Waals surface area contributed by atoms with E-state index in [0.717, 1.165) is 10.6 Å². The maximum Gasteiger partial charge on any atom is 0.251 e. The Hall–Kier alpha value is -3.06. The molecule has 0 aliphatic rings. The first-order valence-electron chi connectivity index (χ1n) is 7.17. The van der Waals surface area contributed by atoms with Gasteiger partial charge >= 0.3 is 0 Å². The third-order valence-electron chi connectivity index (χ3n) is 3.12. The number of hydrogen-bond acceptors (Lipinski definition) is 5. The van der Waals surface area contributed by atoms with E-state index in [1.807, 2.05) is 5.38 Å². The van der Waals surface area contributed by atoms with Gasteiger partial charge in [0.05, 0.1) is 0 Å². The molecule has 3 aromatic rings. The lowest BCUT2D eigenvalue weighted by Gasteiger charge is -2.05. The average Bonchev–Trinajstić information content (AvgIpc) is 3.06. The summed E-state index contributed by atoms with van der Waals surface area (Å²) in [4.78, 5) is 34.4. The summed E-state index contributed by atoms with van der Waals surface area (Å²) in [6, 6.07) is 8.53. The molecule has 7 heteroatoms. The highest BCUT2D eigenvalue weighted by Crippen LogP contribution is 2.17. The van der Waals surface area contributed by atoms with Crippen LogP contribution in [-0.4, -0.2) is 20.9 Å². The van der Waals surface area contributed by atoms with E-state index in [1.165, 1.54) is 23.5 Å². The van der Waals surface area contributed by atoms with Crippen LogP contribution in [0.15, 0.2) is 52.8 Å². The number of amides is 1. The lowest BCUT2D eigenvalue weighted by Crippen LogP contribution is -2.09. The molecule has 2 aromatic heterocycles. The smallest absolute Gasteiger partial charge is 0.251 e. The van der Waals surface area contributed by atoms with E-state index in [2.05, 4.69) is 20.3 Å². The Bertz CT molecular complexity index is 928. The third kappa shape index (κ3) is 4.02. The number of aryl methyl sites for hydroxylation is 1. The fraction of sp³-hybridized carbons (Fsp3) is 0.0588. The predicted molar refractivity (Wildman–Crippen MR) is 94.8 cm³/mol. The van der Waals surface area contributed by atoms with Gasteiger partial charge in [0.1, 0.15) is 10.8 Å². The van der Waals surface area contributed by atoms with Crippen LogP contribution in [-0.2, 0) is 4.79 Å². The summed E-state index contributed by atoms with van der Waals surface area (Å²) >= 11 is 1.46. The maximum absolute atomic E-state index is 11.9. The molecule has 1 aromatic carbocycles. The minimum Gasteiger partial charge on any atom is -0.323 e. The number of nitrogens with zero attached hydrogens (tertiary/aromatic N) is 2. The molecular weight excluding hydrogens is 324 g/mol. The lowest BCUT2D eigenvalue weighted by molar-refractivity contribution is -0.111. The zero-order chi connectivity index (χ0) is 16.9. The quantitative estimate of drug-likeness (QED) is 0.716. The third-order valence-corrected chi connectivity index (χ3v) is 3.87. The van der Waals surface area contributed by atoms with Crippen LogP contribution >= 0.6 is 11.3 Å². The molecule has 2 heterocycles. The number of rotatable bonds is 4. The molecule has 2 N–H and O–H groups in total. The van der Waals surface area contributed by atoms with E-state index < -0.39 is 0 Å². The van der Waals surface area contributed by atoms with Gasteiger partial charge in [-0.05, 0) is 37.3 Å². The highest BCUT2D eigenvalue weighted by atomic mass is 32.1. The van der Waals surface area contributed by atoms with Crippen molar-refractivity contribution in [3.8, 4) is 11.4 Å². The second-order valence-corrected chi connectivity index (χ2v) is 5.93. The van der Waals surface area contributed by atoms with Gasteiger partial charge in [-0.15, -0.1) is 11.3 Å². The maximum atomic E-state index is 11.9. The summed E-state index contributed by atoms with van der Waals surface area (Å²) in [6.45, 7) is 1.77. The van der Waals surface area contributed by atoms with Crippen molar-refractivity contribution in [2.75, 3.05) is 5.32 Å². The highest BCUT2D eigenvalue weighted by molar-refractivity contribution is 7.10. The summed E-state index contributed by atoms with van der Waals surface area (Å²) in [5.74, 6) is 0.265. The first kappa shape index (κ1) is 15.8. The van der Waals surface area contributed by atoms with E-state index in [9.17, 15) is 9.59 Å². The van der Waals surface area contributed by atoms with Crippen molar-refractivity contribution in [3.05, 3.63) is 69.0 Å². The summed E-state index contributed by atoms with van der Waals surface area (Å²) in [5.41, 5.74) is 1.88. The molecule has 0 aliphatic heterocycles. The fourth-order valence-corrected chi connectivity index (χ4v) is 2.60. The number of benzene rings is 1. The van der Waals surface area contributed by atoms with Gasteiger partial charge in [0.15, 0.2) is 0 Å². The number of nitrogens with one attached hydrogen (secondary N) is 2. The van der Waals surface area contributed by atoms with E-state index in [0.29, 0.717) is 17.2 Å². The van der Waals surface area contributed by atoms with Crippen LogP contribution in [0.2, 0.25) is 0 Å². The Morgan fingerprint density at radius 3 is 2.75 bits per heavy atom. The molecule has 0 atom stereocenters. The number of carbonyl (C=O) groups excluding carboxylic acids is 1. The molecule has 3 rings (SSSR count). The van der Waals surface area contributed by atoms with Crippen molar-refractivity contribution in [1.29, 1.82) is 0 Å². The molecule has 0 aliphatic carbocycles. The number of aromatic amines is 1. The van der Waals surface area contributed by atoms with Crippen molar-refractivity contribution >= 4 is 29.0 Å². The van der Waals surface area contributed by atoms with Crippen molar-refractivity contribution < 1.29 is 4.79 Å². The average molecular weight is 338 g/mol. The van der Waals surface area contributed by atoms with Crippen molar-refractivity contribution in [1.82, 2.24) is 15.0 Å². The molecule has 6 nitrogen and oxygen atoms in total. The zero-order valence-corrected chi connectivity index (χ0v) is 13.6. The topological polar surface area (TPSA) is 87.7 Å². The molecule has 120 valence electrons. The summed E-state index contributed by atoms with van der Waals surface area (Å²) in [6.07, 6.45) is 4.78. The van der Waals surface area contributed by atoms with Crippen LogP contribution in [0, 0.1) is 6.92 Å². The molecule has 1 amide bonds. The van der Waals surface area contributed by atoms with Crippen LogP contribution in [0.4, 0.5) is 5.69 Å². The normalized spacial score (nSPS) is 10.9. The molecule has 0 spiro atoms. The van der Waals surface area contributed by atoms with Crippen LogP contribution in [0.25, 0.3) is 17.5 Å². The van der Waals surface area contributed by atoms with Gasteiger partial charge in [0, 0.05) is 40.7 Å². The second kappa shape index (κ2) is 7.01. The minimum absolute atomic E-state index is 0.192. The number of hydrogen-bond donors (Lipinski definition) is 2. The Morgan fingerprint density at radius 2 is 2.08 bits per heavy atom. The zero-order valence-electron chi connectivity index (χ0n) is 12.8. The molecule has 24 heavy (non-hydrogen) atoms. The molecule has 0 unspecified atom stereocenters. The molecular formula is C17H14N4O2S. The van der Waals surface area contributed by atoms with Crippen molar-refractivity contribution in [3.63, 3.8) is 0 Å². The summed E-state index contributed by atoms with van der Waals surface area (Å²) in [5, 5.41) is 5.38. The molecule has 0 saturated heterocycles. The molecule has 0 bridgehead atoms. The number of aromatic nitrogens is 3. The molecule has 0 fully saturated rings. The Morgan fingerprint density at radius 1 is 1.29 bits per heavy atom. The largest absolute Gasteiger partial charge is 0.323 e. The number of thiazole rings is 1. The van der Waals surface area contributed by atoms with Crippen LogP contribution in [0.1, 0.15) is 10.7 Å². The van der Waals surface area contributed by atoms with Crippen LogP contribution < -0.4 is 10.9 Å². The monoisotopic (exact) mass is 338 g/mol. The minimum atomic E-state index is -0.236. The second-order valence-electron chi connectivity index (χ2n) is 5.01. The summed E-state index contributed by atoms with van der Waals surface area (Å²) in [7, 11) is 0. The Kier molecular flexibility index (Phi) is 4.62. The van der Waals surface area contributed by atoms with Crippen molar-refractivity contribution in [2.24, 2.45) is 0 Å². The van der Waals surface area contributed by atoms with Gasteiger partial charge in [-0.25, -0.2) is 9.97 Å². The standard InChI is InChI=1S/C17H14N4O2S/c1-11-10-15(23)21-17(19-11)12-2-4-13(5-3-12)20-14(22)6-7-16-18-8-9-24-16/h2-10H,1H3,(H,20,22)(H,19,21,23)/b7-6+. The van der Waals surface area contributed by atoms with Crippen molar-refractivity contribution in [2.45, 2.75) is 6.92 Å². The van der Waals surface area contributed by atoms with E-state index in [-0.39, 0.29) is 11.5 Å². The van der Waals surface area contributed by atoms with Gasteiger partial charge < -0.3 is 10.3 Å². The highest BCUT2D eigenvalue weighted by Gasteiger charge is 2.03. The first-order chi connectivity index (χ1) is 11.6. The van der Waals surface area contributed by atoms with Gasteiger partial charge in [0.25, 0.3) is 5.56 Å². The Labute approximate surface area is 141 Å². The molecule has 0 saturated carbocycles. The Balaban J connectivity index is 1.70. The predicted octanol–water partition coefficient (Wildman–Crippen LogP) is 2.85. The number of carbonyl (C=O) groups is 1. The van der Waals surface area contributed by atoms with Gasteiger partial charge in [-0.2, -0.15) is 0 Å². The SMILES string of the molecule is Cc1cc(=O)[nH]c(-c2ccc(NC(=O)/C=C/c3nccs3)cc2)n1. The number of H-pyrrole nitrogens is 1.